The predicted octanol–water partition coefficient (Wildman–Crippen LogP) is 0.103. The number of aliphatic carboxylic acids is 1. The Hall–Kier alpha value is -1.44. The van der Waals surface area contributed by atoms with Gasteiger partial charge in [0, 0.05) is 5.75 Å². The Kier molecular flexibility index (Phi) is 5.26. The fourth-order valence-electron chi connectivity index (χ4n) is 1.36. The number of carboxylic acid groups (broad SMARTS) is 1. The van der Waals surface area contributed by atoms with Crippen LogP contribution in [0.2, 0.25) is 0 Å². The van der Waals surface area contributed by atoms with Gasteiger partial charge in [-0.1, -0.05) is 6.07 Å². The van der Waals surface area contributed by atoms with E-state index < -0.39 is 12.0 Å². The number of carboxylic acids is 1. The van der Waals surface area contributed by atoms with E-state index in [9.17, 15) is 15.0 Å². The summed E-state index contributed by atoms with van der Waals surface area (Å²) in [5.74, 6) is -1.52. The van der Waals surface area contributed by atoms with Crippen LogP contribution in [0, 0.1) is 0 Å². The second-order valence-electron chi connectivity index (χ2n) is 3.72. The van der Waals surface area contributed by atoms with E-state index >= 15 is 0 Å². The lowest BCUT2D eigenvalue weighted by molar-refractivity contribution is -0.137. The molecule has 0 amide bonds. The number of phenolic OH excluding ortho intramolecular Hbond substituents is 2. The van der Waals surface area contributed by atoms with Crippen LogP contribution in [0.3, 0.4) is 0 Å². The molecule has 0 saturated carbocycles. The summed E-state index contributed by atoms with van der Waals surface area (Å²) < 4.78 is 0. The van der Waals surface area contributed by atoms with Crippen LogP contribution in [-0.2, 0) is 11.2 Å². The molecule has 7 heteroatoms. The van der Waals surface area contributed by atoms with Crippen LogP contribution in [0.4, 0.5) is 0 Å². The molecule has 0 saturated heterocycles. The van der Waals surface area contributed by atoms with Crippen LogP contribution >= 0.6 is 11.8 Å². The fraction of sp³-hybridized carbons (Fsp3) is 0.364. The van der Waals surface area contributed by atoms with Crippen LogP contribution in [0.25, 0.3) is 0 Å². The van der Waals surface area contributed by atoms with Crippen molar-refractivity contribution >= 4 is 17.7 Å². The number of hydrogen-bond donors (Lipinski definition) is 5. The van der Waals surface area contributed by atoms with Gasteiger partial charge in [-0.3, -0.25) is 4.79 Å². The summed E-state index contributed by atoms with van der Waals surface area (Å²) in [5, 5.41) is 27.9. The molecule has 0 aromatic heterocycles. The maximum Gasteiger partial charge on any atom is 0.321 e. The number of thioether (sulfide) groups is 1. The molecule has 100 valence electrons. The molecule has 0 fully saturated rings. The van der Waals surface area contributed by atoms with Gasteiger partial charge in [-0.05, 0) is 24.6 Å². The van der Waals surface area contributed by atoms with Gasteiger partial charge in [-0.15, -0.1) is 11.8 Å². The molecule has 1 atom stereocenters. The Morgan fingerprint density at radius 1 is 1.39 bits per heavy atom. The van der Waals surface area contributed by atoms with Crippen LogP contribution in [0.5, 0.6) is 11.5 Å². The first-order valence-corrected chi connectivity index (χ1v) is 6.31. The Morgan fingerprint density at radius 3 is 2.61 bits per heavy atom. The van der Waals surface area contributed by atoms with Crippen molar-refractivity contribution in [2.24, 2.45) is 11.5 Å². The molecule has 0 aliphatic heterocycles. The molecule has 18 heavy (non-hydrogen) atoms. The molecule has 0 bridgehead atoms. The first-order valence-electron chi connectivity index (χ1n) is 5.32. The van der Waals surface area contributed by atoms with E-state index in [0.717, 1.165) is 17.3 Å². The van der Waals surface area contributed by atoms with Crippen molar-refractivity contribution in [3.8, 4) is 11.5 Å². The van der Waals surface area contributed by atoms with Gasteiger partial charge in [0.15, 0.2) is 11.5 Å². The number of aromatic hydroxyl groups is 2. The van der Waals surface area contributed by atoms with Crippen LogP contribution in [-0.4, -0.2) is 39.6 Å². The highest BCUT2D eigenvalue weighted by Gasteiger charge is 2.17. The number of carbonyl (C=O) groups is 1. The van der Waals surface area contributed by atoms with E-state index in [-0.39, 0.29) is 17.3 Å². The van der Waals surface area contributed by atoms with Crippen LogP contribution in [0.1, 0.15) is 5.56 Å². The summed E-state index contributed by atoms with van der Waals surface area (Å²) in [5.41, 5.74) is 11.6. The monoisotopic (exact) mass is 272 g/mol. The minimum absolute atomic E-state index is 0.101. The molecule has 0 aliphatic carbocycles. The zero-order chi connectivity index (χ0) is 13.7. The molecule has 0 radical (unpaired) electrons. The highest BCUT2D eigenvalue weighted by atomic mass is 32.2. The van der Waals surface area contributed by atoms with Gasteiger partial charge in [0.2, 0.25) is 0 Å². The molecule has 1 aromatic carbocycles. The Labute approximate surface area is 109 Å². The number of nitrogens with two attached hydrogens (primary N) is 2. The molecule has 1 rings (SSSR count). The number of rotatable bonds is 6. The average Bonchev–Trinajstić information content (AvgIpc) is 2.33. The summed E-state index contributed by atoms with van der Waals surface area (Å²) in [6, 6.07) is 2.00. The van der Waals surface area contributed by atoms with Crippen molar-refractivity contribution in [3.63, 3.8) is 0 Å². The third-order valence-corrected chi connectivity index (χ3v) is 3.60. The average molecular weight is 272 g/mol. The SMILES string of the molecule is NCCc1ccc(O)c(O)c1SC[C@H](N)C(=O)O. The normalized spacial score (nSPS) is 12.3. The molecule has 0 spiro atoms. The number of hydrogen-bond acceptors (Lipinski definition) is 6. The fourth-order valence-corrected chi connectivity index (χ4v) is 2.45. The van der Waals surface area contributed by atoms with E-state index in [2.05, 4.69) is 0 Å². The van der Waals surface area contributed by atoms with Gasteiger partial charge in [-0.2, -0.15) is 0 Å². The second kappa shape index (κ2) is 6.48. The summed E-state index contributed by atoms with van der Waals surface area (Å²) in [7, 11) is 0. The molecule has 7 N–H and O–H groups in total. The van der Waals surface area contributed by atoms with E-state index in [1.807, 2.05) is 0 Å². The highest BCUT2D eigenvalue weighted by molar-refractivity contribution is 7.99. The molecule has 1 aromatic rings. The predicted molar refractivity (Wildman–Crippen MR) is 68.9 cm³/mol. The largest absolute Gasteiger partial charge is 0.504 e. The van der Waals surface area contributed by atoms with Gasteiger partial charge in [-0.25, -0.2) is 0 Å². The van der Waals surface area contributed by atoms with Crippen molar-refractivity contribution in [1.29, 1.82) is 0 Å². The number of benzene rings is 1. The molecule has 0 unspecified atom stereocenters. The van der Waals surface area contributed by atoms with Gasteiger partial charge in [0.25, 0.3) is 0 Å². The molecular weight excluding hydrogens is 256 g/mol. The lowest BCUT2D eigenvalue weighted by Crippen LogP contribution is -2.32. The standard InChI is InChI=1S/C11H16N2O4S/c12-4-3-6-1-2-8(14)9(15)10(6)18-5-7(13)11(16)17/h1-2,7,14-15H,3-5,12-13H2,(H,16,17)/t7-/m0/s1. The molecule has 0 aliphatic rings. The quantitative estimate of drug-likeness (QED) is 0.367. The van der Waals surface area contributed by atoms with Crippen molar-refractivity contribution in [1.82, 2.24) is 0 Å². The van der Waals surface area contributed by atoms with E-state index in [1.165, 1.54) is 6.07 Å². The van der Waals surface area contributed by atoms with Crippen LogP contribution < -0.4 is 11.5 Å². The maximum absolute atomic E-state index is 10.6. The molecule has 6 nitrogen and oxygen atoms in total. The minimum atomic E-state index is -1.11. The summed E-state index contributed by atoms with van der Waals surface area (Å²) in [6.45, 7) is 0.392. The zero-order valence-corrected chi connectivity index (χ0v) is 10.5. The number of phenols is 2. The van der Waals surface area contributed by atoms with Gasteiger partial charge >= 0.3 is 5.97 Å². The lowest BCUT2D eigenvalue weighted by Gasteiger charge is -2.13. The van der Waals surface area contributed by atoms with E-state index in [0.29, 0.717) is 17.9 Å². The maximum atomic E-state index is 10.6. The Morgan fingerprint density at radius 2 is 2.06 bits per heavy atom. The van der Waals surface area contributed by atoms with Gasteiger partial charge in [0.1, 0.15) is 6.04 Å². The van der Waals surface area contributed by atoms with Gasteiger partial charge < -0.3 is 26.8 Å². The summed E-state index contributed by atoms with van der Waals surface area (Å²) >= 11 is 1.09. The Balaban J connectivity index is 2.91. The second-order valence-corrected chi connectivity index (χ2v) is 4.75. The molecule has 0 heterocycles. The van der Waals surface area contributed by atoms with Crippen molar-refractivity contribution < 1.29 is 20.1 Å². The first-order chi connectivity index (χ1) is 8.47. The van der Waals surface area contributed by atoms with Crippen molar-refractivity contribution in [3.05, 3.63) is 17.7 Å². The van der Waals surface area contributed by atoms with Gasteiger partial charge in [0.05, 0.1) is 4.90 Å². The summed E-state index contributed by atoms with van der Waals surface area (Å²) in [4.78, 5) is 11.0. The highest BCUT2D eigenvalue weighted by Crippen LogP contribution is 2.38. The van der Waals surface area contributed by atoms with Crippen molar-refractivity contribution in [2.45, 2.75) is 17.4 Å². The first kappa shape index (κ1) is 14.6. The van der Waals surface area contributed by atoms with E-state index in [4.69, 9.17) is 16.6 Å². The lowest BCUT2D eigenvalue weighted by atomic mass is 10.1. The third kappa shape index (κ3) is 3.52. The Bertz CT molecular complexity index is 439. The smallest absolute Gasteiger partial charge is 0.321 e. The third-order valence-electron chi connectivity index (χ3n) is 2.33. The minimum Gasteiger partial charge on any atom is -0.504 e. The summed E-state index contributed by atoms with van der Waals surface area (Å²) in [6.07, 6.45) is 0.526. The topological polar surface area (TPSA) is 130 Å². The van der Waals surface area contributed by atoms with E-state index in [1.54, 1.807) is 6.07 Å². The van der Waals surface area contributed by atoms with Crippen molar-refractivity contribution in [2.75, 3.05) is 12.3 Å². The molecular formula is C11H16N2O4S. The zero-order valence-electron chi connectivity index (χ0n) is 9.67. The van der Waals surface area contributed by atoms with Crippen LogP contribution in [0.15, 0.2) is 17.0 Å².